The minimum absolute atomic E-state index is 0.254. The van der Waals surface area contributed by atoms with E-state index < -0.39 is 0 Å². The van der Waals surface area contributed by atoms with E-state index in [1.807, 2.05) is 36.4 Å². The van der Waals surface area contributed by atoms with Crippen LogP contribution >= 0.6 is 11.6 Å². The van der Waals surface area contributed by atoms with Crippen LogP contribution < -0.4 is 10.1 Å². The highest BCUT2D eigenvalue weighted by Gasteiger charge is 2.29. The van der Waals surface area contributed by atoms with Gasteiger partial charge in [0.15, 0.2) is 0 Å². The van der Waals surface area contributed by atoms with Crippen molar-refractivity contribution >= 4 is 11.6 Å². The van der Waals surface area contributed by atoms with E-state index in [0.29, 0.717) is 11.4 Å². The van der Waals surface area contributed by atoms with Crippen molar-refractivity contribution in [3.05, 3.63) is 94.5 Å². The number of rotatable bonds is 6. The number of ether oxygens (including phenoxy) is 1. The molecule has 1 aromatic heterocycles. The van der Waals surface area contributed by atoms with E-state index in [1.165, 1.54) is 17.8 Å². The first kappa shape index (κ1) is 18.9. The lowest BCUT2D eigenvalue weighted by atomic mass is 9.95. The number of benzene rings is 2. The van der Waals surface area contributed by atoms with Gasteiger partial charge in [-0.15, -0.1) is 0 Å². The van der Waals surface area contributed by atoms with Crippen molar-refractivity contribution in [2.24, 2.45) is 5.92 Å². The van der Waals surface area contributed by atoms with Crippen molar-refractivity contribution in [3.63, 3.8) is 0 Å². The first-order valence-corrected chi connectivity index (χ1v) is 9.87. The van der Waals surface area contributed by atoms with Gasteiger partial charge in [-0.05, 0) is 42.8 Å². The summed E-state index contributed by atoms with van der Waals surface area (Å²) >= 11 is 6.26. The lowest BCUT2D eigenvalue weighted by Gasteiger charge is -2.26. The van der Waals surface area contributed by atoms with Crippen LogP contribution in [0.5, 0.6) is 5.75 Å². The van der Waals surface area contributed by atoms with Crippen LogP contribution in [-0.4, -0.2) is 18.1 Å². The fourth-order valence-corrected chi connectivity index (χ4v) is 3.90. The molecule has 2 heterocycles. The summed E-state index contributed by atoms with van der Waals surface area (Å²) in [6.07, 6.45) is 4.33. The summed E-state index contributed by atoms with van der Waals surface area (Å²) in [5, 5.41) is 4.04. The van der Waals surface area contributed by atoms with E-state index in [1.54, 1.807) is 6.20 Å². The van der Waals surface area contributed by atoms with Gasteiger partial charge in [-0.1, -0.05) is 41.9 Å². The van der Waals surface area contributed by atoms with Gasteiger partial charge >= 0.3 is 0 Å². The van der Waals surface area contributed by atoms with Crippen molar-refractivity contribution in [2.75, 3.05) is 13.1 Å². The Labute approximate surface area is 169 Å². The van der Waals surface area contributed by atoms with Gasteiger partial charge < -0.3 is 10.1 Å². The molecule has 0 amide bonds. The van der Waals surface area contributed by atoms with Crippen LogP contribution in [0.1, 0.15) is 29.2 Å². The van der Waals surface area contributed by atoms with Crippen LogP contribution in [0, 0.1) is 11.7 Å². The van der Waals surface area contributed by atoms with Crippen molar-refractivity contribution < 1.29 is 9.13 Å². The predicted molar refractivity (Wildman–Crippen MR) is 109 cm³/mol. The summed E-state index contributed by atoms with van der Waals surface area (Å²) in [5.74, 6) is 0.677. The van der Waals surface area contributed by atoms with Crippen LogP contribution in [0.4, 0.5) is 4.39 Å². The highest BCUT2D eigenvalue weighted by atomic mass is 35.5. The van der Waals surface area contributed by atoms with E-state index in [4.69, 9.17) is 16.3 Å². The monoisotopic (exact) mass is 396 g/mol. The van der Waals surface area contributed by atoms with Crippen molar-refractivity contribution in [2.45, 2.75) is 18.9 Å². The Bertz CT molecular complexity index is 929. The zero-order valence-corrected chi connectivity index (χ0v) is 16.2. The SMILES string of the molecule is Fc1cncc(C(Oc2ccc(Cl)cc2Cc2ccccc2)[C@H]2CCNC2)c1. The molecule has 1 N–H and O–H groups in total. The molecular formula is C23H22ClFN2O. The van der Waals surface area contributed by atoms with Gasteiger partial charge in [-0.2, -0.15) is 0 Å². The molecule has 0 radical (unpaired) electrons. The van der Waals surface area contributed by atoms with E-state index in [2.05, 4.69) is 22.4 Å². The van der Waals surface area contributed by atoms with Crippen molar-refractivity contribution in [1.82, 2.24) is 10.3 Å². The summed E-state index contributed by atoms with van der Waals surface area (Å²) in [5.41, 5.74) is 2.95. The molecule has 5 heteroatoms. The number of hydrogen-bond acceptors (Lipinski definition) is 3. The van der Waals surface area contributed by atoms with E-state index in [-0.39, 0.29) is 17.8 Å². The number of aromatic nitrogens is 1. The molecule has 28 heavy (non-hydrogen) atoms. The lowest BCUT2D eigenvalue weighted by molar-refractivity contribution is 0.142. The van der Waals surface area contributed by atoms with E-state index >= 15 is 0 Å². The second-order valence-electron chi connectivity index (χ2n) is 7.14. The van der Waals surface area contributed by atoms with Crippen LogP contribution in [0.15, 0.2) is 67.0 Å². The second-order valence-corrected chi connectivity index (χ2v) is 7.58. The summed E-state index contributed by atoms with van der Waals surface area (Å²) in [6, 6.07) is 17.4. The Morgan fingerprint density at radius 1 is 1.14 bits per heavy atom. The normalized spacial score (nSPS) is 17.4. The average molecular weight is 397 g/mol. The third kappa shape index (κ3) is 4.51. The van der Waals surface area contributed by atoms with Gasteiger partial charge in [0.25, 0.3) is 0 Å². The predicted octanol–water partition coefficient (Wildman–Crippen LogP) is 5.19. The summed E-state index contributed by atoms with van der Waals surface area (Å²) in [7, 11) is 0. The maximum atomic E-state index is 13.8. The van der Waals surface area contributed by atoms with Crippen molar-refractivity contribution in [1.29, 1.82) is 0 Å². The first-order valence-electron chi connectivity index (χ1n) is 9.49. The molecule has 1 saturated heterocycles. The quantitative estimate of drug-likeness (QED) is 0.622. The molecule has 2 aromatic carbocycles. The number of pyridine rings is 1. The summed E-state index contributed by atoms with van der Waals surface area (Å²) in [4.78, 5) is 4.03. The molecule has 1 aliphatic rings. The fourth-order valence-electron chi connectivity index (χ4n) is 3.71. The Hall–Kier alpha value is -2.43. The molecule has 1 aliphatic heterocycles. The fraction of sp³-hybridized carbons (Fsp3) is 0.261. The Balaban J connectivity index is 1.66. The highest BCUT2D eigenvalue weighted by molar-refractivity contribution is 6.30. The van der Waals surface area contributed by atoms with Crippen LogP contribution in [0.2, 0.25) is 5.02 Å². The molecule has 2 atom stereocenters. The minimum atomic E-state index is -0.349. The number of nitrogens with zero attached hydrogens (tertiary/aromatic N) is 1. The molecule has 4 rings (SSSR count). The molecule has 0 saturated carbocycles. The molecular weight excluding hydrogens is 375 g/mol. The highest BCUT2D eigenvalue weighted by Crippen LogP contribution is 2.35. The number of nitrogens with one attached hydrogen (secondary N) is 1. The van der Waals surface area contributed by atoms with Gasteiger partial charge in [0.1, 0.15) is 17.7 Å². The standard InChI is InChI=1S/C23H22ClFN2O/c24-20-6-7-22(18(11-20)10-16-4-2-1-3-5-16)28-23(17-8-9-26-13-17)19-12-21(25)15-27-14-19/h1-7,11-12,14-15,17,23,26H,8-10,13H2/t17-,23?/m0/s1. The van der Waals surface area contributed by atoms with Gasteiger partial charge in [-0.25, -0.2) is 4.39 Å². The van der Waals surface area contributed by atoms with Crippen LogP contribution in [0.3, 0.4) is 0 Å². The lowest BCUT2D eigenvalue weighted by Crippen LogP contribution is -2.22. The first-order chi connectivity index (χ1) is 13.7. The summed E-state index contributed by atoms with van der Waals surface area (Å²) < 4.78 is 20.3. The van der Waals surface area contributed by atoms with Gasteiger partial charge in [0, 0.05) is 41.2 Å². The number of halogens is 2. The number of hydrogen-bond donors (Lipinski definition) is 1. The van der Waals surface area contributed by atoms with Crippen LogP contribution in [-0.2, 0) is 6.42 Å². The minimum Gasteiger partial charge on any atom is -0.485 e. The maximum Gasteiger partial charge on any atom is 0.141 e. The largest absolute Gasteiger partial charge is 0.485 e. The average Bonchev–Trinajstić information content (AvgIpc) is 3.23. The molecule has 0 spiro atoms. The molecule has 1 fully saturated rings. The van der Waals surface area contributed by atoms with Gasteiger partial charge in [0.05, 0.1) is 6.20 Å². The third-order valence-electron chi connectivity index (χ3n) is 5.10. The Kier molecular flexibility index (Phi) is 5.89. The molecule has 144 valence electrons. The van der Waals surface area contributed by atoms with Gasteiger partial charge in [0.2, 0.25) is 0 Å². The maximum absolute atomic E-state index is 13.8. The van der Waals surface area contributed by atoms with Crippen molar-refractivity contribution in [3.8, 4) is 5.75 Å². The zero-order chi connectivity index (χ0) is 19.3. The summed E-state index contributed by atoms with van der Waals surface area (Å²) in [6.45, 7) is 1.77. The molecule has 3 nitrogen and oxygen atoms in total. The Morgan fingerprint density at radius 2 is 2.00 bits per heavy atom. The zero-order valence-electron chi connectivity index (χ0n) is 15.4. The second kappa shape index (κ2) is 8.72. The molecule has 0 bridgehead atoms. The molecule has 1 unspecified atom stereocenters. The molecule has 3 aromatic rings. The topological polar surface area (TPSA) is 34.1 Å². The van der Waals surface area contributed by atoms with E-state index in [9.17, 15) is 4.39 Å². The Morgan fingerprint density at radius 3 is 2.75 bits per heavy atom. The van der Waals surface area contributed by atoms with E-state index in [0.717, 1.165) is 36.4 Å². The van der Waals surface area contributed by atoms with Crippen LogP contribution in [0.25, 0.3) is 0 Å². The molecule has 0 aliphatic carbocycles. The van der Waals surface area contributed by atoms with Gasteiger partial charge in [-0.3, -0.25) is 4.98 Å². The third-order valence-corrected chi connectivity index (χ3v) is 5.33. The smallest absolute Gasteiger partial charge is 0.141 e.